The predicted octanol–water partition coefficient (Wildman–Crippen LogP) is 3.42. The summed E-state index contributed by atoms with van der Waals surface area (Å²) >= 11 is 5.99. The summed E-state index contributed by atoms with van der Waals surface area (Å²) in [6.45, 7) is 4.81. The Labute approximate surface area is 170 Å². The summed E-state index contributed by atoms with van der Waals surface area (Å²) in [6, 6.07) is 12.4. The molecular formula is C20H23ClN2O4S. The van der Waals surface area contributed by atoms with Gasteiger partial charge in [-0.25, -0.2) is 8.42 Å². The summed E-state index contributed by atoms with van der Waals surface area (Å²) < 4.78 is 24.2. The minimum atomic E-state index is -3.25. The van der Waals surface area contributed by atoms with Crippen LogP contribution in [0.4, 0.5) is 5.69 Å². The van der Waals surface area contributed by atoms with Crippen LogP contribution in [0, 0.1) is 0 Å². The quantitative estimate of drug-likeness (QED) is 0.715. The van der Waals surface area contributed by atoms with E-state index in [0.29, 0.717) is 16.3 Å². The number of carbonyl (C=O) groups is 2. The molecule has 2 aromatic rings. The fraction of sp³-hybridized carbons (Fsp3) is 0.300. The molecule has 0 saturated heterocycles. The molecule has 0 fully saturated rings. The summed E-state index contributed by atoms with van der Waals surface area (Å²) in [5, 5.41) is 5.10. The maximum atomic E-state index is 12.4. The first-order valence-electron chi connectivity index (χ1n) is 8.77. The van der Waals surface area contributed by atoms with E-state index >= 15 is 0 Å². The Hall–Kier alpha value is -2.38. The molecular weight excluding hydrogens is 400 g/mol. The minimum absolute atomic E-state index is 0.104. The maximum Gasteiger partial charge on any atom is 0.253 e. The largest absolute Gasteiger partial charge is 0.340 e. The third-order valence-corrected chi connectivity index (χ3v) is 6.64. The van der Waals surface area contributed by atoms with Crippen molar-refractivity contribution in [2.75, 3.05) is 5.32 Å². The lowest BCUT2D eigenvalue weighted by atomic mass is 10.2. The summed E-state index contributed by atoms with van der Waals surface area (Å²) in [5.41, 5.74) is 1.32. The highest BCUT2D eigenvalue weighted by Gasteiger charge is 2.19. The zero-order valence-corrected chi connectivity index (χ0v) is 17.5. The number of hydrogen-bond acceptors (Lipinski definition) is 4. The monoisotopic (exact) mass is 422 g/mol. The van der Waals surface area contributed by atoms with E-state index in [4.69, 9.17) is 11.6 Å². The molecule has 150 valence electrons. The van der Waals surface area contributed by atoms with Crippen molar-refractivity contribution in [1.82, 2.24) is 5.32 Å². The first kappa shape index (κ1) is 21.9. The van der Waals surface area contributed by atoms with E-state index in [1.54, 1.807) is 69.3 Å². The van der Waals surface area contributed by atoms with E-state index in [9.17, 15) is 18.0 Å². The molecule has 1 unspecified atom stereocenters. The highest BCUT2D eigenvalue weighted by atomic mass is 35.5. The Morgan fingerprint density at radius 1 is 1.04 bits per heavy atom. The summed E-state index contributed by atoms with van der Waals surface area (Å²) in [4.78, 5) is 24.7. The van der Waals surface area contributed by atoms with Gasteiger partial charge < -0.3 is 10.6 Å². The maximum absolute atomic E-state index is 12.4. The van der Waals surface area contributed by atoms with Gasteiger partial charge in [-0.3, -0.25) is 9.59 Å². The molecule has 0 spiro atoms. The lowest BCUT2D eigenvalue weighted by molar-refractivity contribution is -0.117. The van der Waals surface area contributed by atoms with Crippen LogP contribution in [0.2, 0.25) is 5.02 Å². The Bertz CT molecular complexity index is 974. The normalized spacial score (nSPS) is 12.5. The second-order valence-electron chi connectivity index (χ2n) is 6.72. The zero-order chi connectivity index (χ0) is 20.9. The second-order valence-corrected chi connectivity index (χ2v) is 9.68. The molecule has 0 saturated carbocycles. The van der Waals surface area contributed by atoms with Gasteiger partial charge in [0.15, 0.2) is 9.84 Å². The number of nitrogens with one attached hydrogen (secondary N) is 2. The molecule has 2 N–H and O–H groups in total. The van der Waals surface area contributed by atoms with Crippen LogP contribution in [0.25, 0.3) is 0 Å². The Balaban J connectivity index is 2.03. The topological polar surface area (TPSA) is 92.3 Å². The molecule has 0 aromatic heterocycles. The smallest absolute Gasteiger partial charge is 0.253 e. The average molecular weight is 423 g/mol. The number of benzene rings is 2. The van der Waals surface area contributed by atoms with Crippen molar-refractivity contribution in [1.29, 1.82) is 0 Å². The van der Waals surface area contributed by atoms with Gasteiger partial charge in [0.2, 0.25) is 5.91 Å². The van der Waals surface area contributed by atoms with Crippen LogP contribution in [0.15, 0.2) is 48.5 Å². The minimum Gasteiger partial charge on any atom is -0.340 e. The molecule has 0 aliphatic carbocycles. The van der Waals surface area contributed by atoms with Crippen LogP contribution in [-0.4, -0.2) is 31.5 Å². The van der Waals surface area contributed by atoms with Gasteiger partial charge in [0.05, 0.1) is 21.6 Å². The third kappa shape index (κ3) is 5.81. The molecule has 0 radical (unpaired) electrons. The number of carbonyl (C=O) groups excluding carboxylic acids is 2. The Morgan fingerprint density at radius 2 is 1.71 bits per heavy atom. The number of anilines is 1. The predicted molar refractivity (Wildman–Crippen MR) is 111 cm³/mol. The standard InChI is InChI=1S/C20H23ClN2O4S/c1-13(2)28(26,27)12-15-7-6-8-16(11-15)23-19(24)14(3)22-20(25)17-9-4-5-10-18(17)21/h4-11,13-14H,12H2,1-3H3,(H,22,25)(H,23,24). The van der Waals surface area contributed by atoms with Gasteiger partial charge >= 0.3 is 0 Å². The van der Waals surface area contributed by atoms with Crippen LogP contribution in [-0.2, 0) is 20.4 Å². The van der Waals surface area contributed by atoms with Crippen molar-refractivity contribution < 1.29 is 18.0 Å². The molecule has 0 aliphatic rings. The zero-order valence-electron chi connectivity index (χ0n) is 15.9. The van der Waals surface area contributed by atoms with Crippen LogP contribution in [0.1, 0.15) is 36.7 Å². The molecule has 0 bridgehead atoms. The van der Waals surface area contributed by atoms with E-state index in [1.165, 1.54) is 0 Å². The van der Waals surface area contributed by atoms with Crippen molar-refractivity contribution in [3.05, 3.63) is 64.7 Å². The lowest BCUT2D eigenvalue weighted by Gasteiger charge is -2.15. The van der Waals surface area contributed by atoms with Crippen molar-refractivity contribution in [2.24, 2.45) is 0 Å². The first-order chi connectivity index (χ1) is 13.1. The number of hydrogen-bond donors (Lipinski definition) is 2. The fourth-order valence-electron chi connectivity index (χ4n) is 2.37. The molecule has 0 aliphatic heterocycles. The SMILES string of the molecule is CC(NC(=O)c1ccccc1Cl)C(=O)Nc1cccc(CS(=O)(=O)C(C)C)c1. The molecule has 8 heteroatoms. The van der Waals surface area contributed by atoms with E-state index in [1.807, 2.05) is 0 Å². The van der Waals surface area contributed by atoms with Crippen molar-refractivity contribution in [3.63, 3.8) is 0 Å². The summed E-state index contributed by atoms with van der Waals surface area (Å²) in [5.74, 6) is -0.984. The Morgan fingerprint density at radius 3 is 2.36 bits per heavy atom. The molecule has 28 heavy (non-hydrogen) atoms. The summed E-state index contributed by atoms with van der Waals surface area (Å²) in [6.07, 6.45) is 0. The van der Waals surface area contributed by atoms with Gasteiger partial charge in [0.1, 0.15) is 6.04 Å². The van der Waals surface area contributed by atoms with E-state index in [-0.39, 0.29) is 11.3 Å². The average Bonchev–Trinajstić information content (AvgIpc) is 2.61. The van der Waals surface area contributed by atoms with E-state index in [0.717, 1.165) is 0 Å². The van der Waals surface area contributed by atoms with Crippen LogP contribution in [0.5, 0.6) is 0 Å². The number of halogens is 1. The highest BCUT2D eigenvalue weighted by molar-refractivity contribution is 7.91. The molecule has 6 nitrogen and oxygen atoms in total. The van der Waals surface area contributed by atoms with Crippen molar-refractivity contribution in [3.8, 4) is 0 Å². The van der Waals surface area contributed by atoms with E-state index < -0.39 is 32.9 Å². The summed E-state index contributed by atoms with van der Waals surface area (Å²) in [7, 11) is -3.25. The van der Waals surface area contributed by atoms with Gasteiger partial charge in [0, 0.05) is 5.69 Å². The fourth-order valence-corrected chi connectivity index (χ4v) is 3.57. The van der Waals surface area contributed by atoms with Crippen LogP contribution < -0.4 is 10.6 Å². The van der Waals surface area contributed by atoms with Crippen molar-refractivity contribution in [2.45, 2.75) is 37.8 Å². The molecule has 2 amide bonds. The van der Waals surface area contributed by atoms with Crippen LogP contribution >= 0.6 is 11.6 Å². The first-order valence-corrected chi connectivity index (χ1v) is 10.9. The molecule has 0 heterocycles. The van der Waals surface area contributed by atoms with Gasteiger partial charge in [-0.05, 0) is 50.6 Å². The Kier molecular flexibility index (Phi) is 7.21. The van der Waals surface area contributed by atoms with Crippen LogP contribution in [0.3, 0.4) is 0 Å². The third-order valence-electron chi connectivity index (χ3n) is 4.14. The van der Waals surface area contributed by atoms with Gasteiger partial charge in [0.25, 0.3) is 5.91 Å². The number of rotatable bonds is 7. The van der Waals surface area contributed by atoms with Crippen molar-refractivity contribution >= 4 is 38.9 Å². The molecule has 2 aromatic carbocycles. The van der Waals surface area contributed by atoms with Gasteiger partial charge in [-0.2, -0.15) is 0 Å². The second kappa shape index (κ2) is 9.21. The van der Waals surface area contributed by atoms with E-state index in [2.05, 4.69) is 10.6 Å². The van der Waals surface area contributed by atoms with Gasteiger partial charge in [-0.15, -0.1) is 0 Å². The molecule has 2 rings (SSSR count). The highest BCUT2D eigenvalue weighted by Crippen LogP contribution is 2.17. The lowest BCUT2D eigenvalue weighted by Crippen LogP contribution is -2.41. The van der Waals surface area contributed by atoms with Gasteiger partial charge in [-0.1, -0.05) is 35.9 Å². The molecule has 1 atom stereocenters. The number of amides is 2. The number of sulfone groups is 1.